The number of phenolic OH excluding ortho intramolecular Hbond substituents is 1. The topological polar surface area (TPSA) is 69.6 Å². The van der Waals surface area contributed by atoms with Crippen molar-refractivity contribution in [1.82, 2.24) is 0 Å². The zero-order valence-corrected chi connectivity index (χ0v) is 9.88. The first-order valence-corrected chi connectivity index (χ1v) is 5.60. The maximum Gasteiger partial charge on any atom is 0.330 e. The lowest BCUT2D eigenvalue weighted by molar-refractivity contribution is -0.138. The van der Waals surface area contributed by atoms with E-state index >= 15 is 0 Å². The standard InChI is InChI=1S/C14H12FNO3/c15-10-2-1-3-11(8-10)16-13(14(18)19)9-4-6-12(17)7-5-9/h1-8,13,16-17H,(H,18,19). The summed E-state index contributed by atoms with van der Waals surface area (Å²) in [6, 6.07) is 10.4. The average Bonchev–Trinajstić information content (AvgIpc) is 2.37. The number of nitrogens with one attached hydrogen (secondary N) is 1. The monoisotopic (exact) mass is 261 g/mol. The number of carboxylic acid groups (broad SMARTS) is 1. The Balaban J connectivity index is 2.26. The minimum Gasteiger partial charge on any atom is -0.508 e. The smallest absolute Gasteiger partial charge is 0.330 e. The maximum atomic E-state index is 13.1. The molecule has 0 saturated heterocycles. The van der Waals surface area contributed by atoms with Crippen LogP contribution >= 0.6 is 0 Å². The Morgan fingerprint density at radius 2 is 1.84 bits per heavy atom. The van der Waals surface area contributed by atoms with Gasteiger partial charge in [-0.25, -0.2) is 9.18 Å². The highest BCUT2D eigenvalue weighted by atomic mass is 19.1. The van der Waals surface area contributed by atoms with Crippen LogP contribution in [-0.2, 0) is 4.79 Å². The van der Waals surface area contributed by atoms with Gasteiger partial charge in [0.1, 0.15) is 11.6 Å². The molecule has 5 heteroatoms. The van der Waals surface area contributed by atoms with E-state index in [2.05, 4.69) is 5.32 Å². The molecular weight excluding hydrogens is 249 g/mol. The van der Waals surface area contributed by atoms with Gasteiger partial charge in [-0.05, 0) is 35.9 Å². The predicted molar refractivity (Wildman–Crippen MR) is 68.5 cm³/mol. The molecule has 3 N–H and O–H groups in total. The fourth-order valence-electron chi connectivity index (χ4n) is 1.70. The lowest BCUT2D eigenvalue weighted by Crippen LogP contribution is -2.20. The molecule has 1 unspecified atom stereocenters. The molecule has 1 atom stereocenters. The van der Waals surface area contributed by atoms with Crippen molar-refractivity contribution in [1.29, 1.82) is 0 Å². The van der Waals surface area contributed by atoms with E-state index in [9.17, 15) is 19.4 Å². The fourth-order valence-corrected chi connectivity index (χ4v) is 1.70. The third kappa shape index (κ3) is 3.22. The van der Waals surface area contributed by atoms with Gasteiger partial charge in [0, 0.05) is 5.69 Å². The first kappa shape index (κ1) is 12.9. The molecule has 2 aromatic rings. The lowest BCUT2D eigenvalue weighted by Gasteiger charge is -2.16. The molecule has 4 nitrogen and oxygen atoms in total. The Kier molecular flexibility index (Phi) is 3.66. The number of hydrogen-bond acceptors (Lipinski definition) is 3. The van der Waals surface area contributed by atoms with Crippen LogP contribution in [0.3, 0.4) is 0 Å². The number of carboxylic acids is 1. The van der Waals surface area contributed by atoms with E-state index in [0.717, 1.165) is 0 Å². The Bertz CT molecular complexity index is 583. The van der Waals surface area contributed by atoms with Crippen molar-refractivity contribution in [3.8, 4) is 5.75 Å². The molecule has 0 radical (unpaired) electrons. The number of aliphatic carboxylic acids is 1. The Morgan fingerprint density at radius 1 is 1.16 bits per heavy atom. The van der Waals surface area contributed by atoms with Crippen molar-refractivity contribution in [3.05, 3.63) is 59.9 Å². The van der Waals surface area contributed by atoms with E-state index in [0.29, 0.717) is 11.3 Å². The predicted octanol–water partition coefficient (Wildman–Crippen LogP) is 2.77. The first-order valence-electron chi connectivity index (χ1n) is 5.60. The number of halogens is 1. The highest BCUT2D eigenvalue weighted by Crippen LogP contribution is 2.22. The third-order valence-corrected chi connectivity index (χ3v) is 2.61. The Morgan fingerprint density at radius 3 is 2.42 bits per heavy atom. The molecule has 0 spiro atoms. The van der Waals surface area contributed by atoms with E-state index in [1.54, 1.807) is 6.07 Å². The largest absolute Gasteiger partial charge is 0.508 e. The zero-order valence-electron chi connectivity index (χ0n) is 9.88. The van der Waals surface area contributed by atoms with Gasteiger partial charge in [0.25, 0.3) is 0 Å². The van der Waals surface area contributed by atoms with Gasteiger partial charge in [0.05, 0.1) is 0 Å². The summed E-state index contributed by atoms with van der Waals surface area (Å²) in [6.45, 7) is 0. The molecule has 2 aromatic carbocycles. The molecule has 0 amide bonds. The summed E-state index contributed by atoms with van der Waals surface area (Å²) in [5.74, 6) is -1.48. The second kappa shape index (κ2) is 5.39. The average molecular weight is 261 g/mol. The molecule has 19 heavy (non-hydrogen) atoms. The van der Waals surface area contributed by atoms with Gasteiger partial charge in [0.2, 0.25) is 0 Å². The van der Waals surface area contributed by atoms with E-state index in [1.807, 2.05) is 0 Å². The number of carbonyl (C=O) groups is 1. The van der Waals surface area contributed by atoms with Gasteiger partial charge in [-0.15, -0.1) is 0 Å². The van der Waals surface area contributed by atoms with Crippen LogP contribution in [0.25, 0.3) is 0 Å². The van der Waals surface area contributed by atoms with Crippen molar-refractivity contribution in [3.63, 3.8) is 0 Å². The second-order valence-corrected chi connectivity index (χ2v) is 4.02. The van der Waals surface area contributed by atoms with Gasteiger partial charge < -0.3 is 15.5 Å². The highest BCUT2D eigenvalue weighted by Gasteiger charge is 2.19. The Labute approximate surface area is 109 Å². The Hall–Kier alpha value is -2.56. The van der Waals surface area contributed by atoms with Crippen LogP contribution in [0, 0.1) is 5.82 Å². The van der Waals surface area contributed by atoms with Crippen LogP contribution < -0.4 is 5.32 Å². The fraction of sp³-hybridized carbons (Fsp3) is 0.0714. The zero-order chi connectivity index (χ0) is 13.8. The van der Waals surface area contributed by atoms with Crippen LogP contribution in [0.4, 0.5) is 10.1 Å². The van der Waals surface area contributed by atoms with E-state index in [1.165, 1.54) is 42.5 Å². The number of aromatic hydroxyl groups is 1. The van der Waals surface area contributed by atoms with Crippen LogP contribution in [-0.4, -0.2) is 16.2 Å². The molecule has 0 aliphatic heterocycles. The normalized spacial score (nSPS) is 11.8. The highest BCUT2D eigenvalue weighted by molar-refractivity contribution is 5.79. The van der Waals surface area contributed by atoms with Crippen LogP contribution in [0.15, 0.2) is 48.5 Å². The molecule has 0 aliphatic rings. The molecule has 98 valence electrons. The number of anilines is 1. The molecule has 0 fully saturated rings. The maximum absolute atomic E-state index is 13.1. The molecule has 0 aromatic heterocycles. The molecule has 0 heterocycles. The summed E-state index contributed by atoms with van der Waals surface area (Å²) in [5, 5.41) is 21.1. The summed E-state index contributed by atoms with van der Waals surface area (Å²) in [7, 11) is 0. The van der Waals surface area contributed by atoms with Gasteiger partial charge in [-0.3, -0.25) is 0 Å². The first-order chi connectivity index (χ1) is 9.06. The van der Waals surface area contributed by atoms with Crippen LogP contribution in [0.1, 0.15) is 11.6 Å². The van der Waals surface area contributed by atoms with Gasteiger partial charge in [-0.1, -0.05) is 18.2 Å². The minimum absolute atomic E-state index is 0.0543. The minimum atomic E-state index is -1.09. The summed E-state index contributed by atoms with van der Waals surface area (Å²) in [4.78, 5) is 11.3. The SMILES string of the molecule is O=C(O)C(Nc1cccc(F)c1)c1ccc(O)cc1. The lowest BCUT2D eigenvalue weighted by atomic mass is 10.1. The summed E-state index contributed by atoms with van der Waals surface area (Å²) in [5.41, 5.74) is 0.843. The van der Waals surface area contributed by atoms with Crippen molar-refractivity contribution in [2.24, 2.45) is 0 Å². The summed E-state index contributed by atoms with van der Waals surface area (Å²) < 4.78 is 13.1. The van der Waals surface area contributed by atoms with Gasteiger partial charge in [0.15, 0.2) is 6.04 Å². The molecular formula is C14H12FNO3. The van der Waals surface area contributed by atoms with Crippen molar-refractivity contribution >= 4 is 11.7 Å². The summed E-state index contributed by atoms with van der Waals surface area (Å²) in [6.07, 6.45) is 0. The number of benzene rings is 2. The van der Waals surface area contributed by atoms with Gasteiger partial charge in [-0.2, -0.15) is 0 Å². The summed E-state index contributed by atoms with van der Waals surface area (Å²) >= 11 is 0. The van der Waals surface area contributed by atoms with Crippen LogP contribution in [0.5, 0.6) is 5.75 Å². The van der Waals surface area contributed by atoms with E-state index in [4.69, 9.17) is 0 Å². The van der Waals surface area contributed by atoms with E-state index < -0.39 is 17.8 Å². The van der Waals surface area contributed by atoms with E-state index in [-0.39, 0.29) is 5.75 Å². The second-order valence-electron chi connectivity index (χ2n) is 4.02. The van der Waals surface area contributed by atoms with Crippen LogP contribution in [0.2, 0.25) is 0 Å². The third-order valence-electron chi connectivity index (χ3n) is 2.61. The van der Waals surface area contributed by atoms with Crippen molar-refractivity contribution in [2.45, 2.75) is 6.04 Å². The van der Waals surface area contributed by atoms with Gasteiger partial charge >= 0.3 is 5.97 Å². The van der Waals surface area contributed by atoms with Crippen molar-refractivity contribution in [2.75, 3.05) is 5.32 Å². The molecule has 0 bridgehead atoms. The van der Waals surface area contributed by atoms with Crippen molar-refractivity contribution < 1.29 is 19.4 Å². The quantitative estimate of drug-likeness (QED) is 0.791. The molecule has 2 rings (SSSR count). The number of rotatable bonds is 4. The molecule has 0 aliphatic carbocycles. The molecule has 0 saturated carbocycles. The number of phenols is 1. The number of hydrogen-bond donors (Lipinski definition) is 3.